The summed E-state index contributed by atoms with van der Waals surface area (Å²) in [4.78, 5) is 12.3. The van der Waals surface area contributed by atoms with E-state index in [2.05, 4.69) is 5.32 Å². The normalized spacial score (nSPS) is 18.4. The lowest BCUT2D eigenvalue weighted by Gasteiger charge is -2.35. The molecule has 1 saturated carbocycles. The fourth-order valence-corrected chi connectivity index (χ4v) is 2.70. The lowest BCUT2D eigenvalue weighted by atomic mass is 9.82. The van der Waals surface area contributed by atoms with Gasteiger partial charge in [0.1, 0.15) is 6.61 Å². The molecule has 4 N–H and O–H groups in total. The molecule has 0 radical (unpaired) electrons. The molecule has 0 heterocycles. The number of carbonyl (C=O) groups excluding carboxylic acids is 1. The van der Waals surface area contributed by atoms with Gasteiger partial charge in [0.2, 0.25) is 5.92 Å². The summed E-state index contributed by atoms with van der Waals surface area (Å²) in [6.45, 7) is 0.595. The van der Waals surface area contributed by atoms with Crippen LogP contribution in [0.2, 0.25) is 0 Å². The first-order valence-electron chi connectivity index (χ1n) is 8.18. The number of methoxy groups -OCH3 is 1. The van der Waals surface area contributed by atoms with E-state index in [4.69, 9.17) is 15.2 Å². The molecule has 1 aromatic carbocycles. The molecule has 0 atom stereocenters. The number of amides is 1. The number of nitrogens with two attached hydrogens (primary N) is 1. The van der Waals surface area contributed by atoms with Crippen LogP contribution in [0.3, 0.4) is 0 Å². The van der Waals surface area contributed by atoms with Crippen molar-refractivity contribution < 1.29 is 28.2 Å². The predicted octanol–water partition coefficient (Wildman–Crippen LogP) is 1.70. The van der Waals surface area contributed by atoms with E-state index in [1.165, 1.54) is 13.2 Å². The van der Waals surface area contributed by atoms with E-state index in [-0.39, 0.29) is 32.2 Å². The van der Waals surface area contributed by atoms with Gasteiger partial charge in [-0.15, -0.1) is 0 Å². The number of rotatable bonds is 7. The number of hydrogen-bond acceptors (Lipinski definition) is 5. The summed E-state index contributed by atoms with van der Waals surface area (Å²) in [7, 11) is 1.46. The molecule has 0 saturated heterocycles. The molecule has 0 aliphatic heterocycles. The van der Waals surface area contributed by atoms with E-state index >= 15 is 0 Å². The number of benzene rings is 1. The molecule has 6 nitrogen and oxygen atoms in total. The summed E-state index contributed by atoms with van der Waals surface area (Å²) in [6, 6.07) is 4.67. The molecule has 0 bridgehead atoms. The molecule has 140 valence electrons. The van der Waals surface area contributed by atoms with Crippen molar-refractivity contribution >= 4 is 5.91 Å². The molecule has 2 rings (SSSR count). The molecular formula is C17H24F2N2O4. The van der Waals surface area contributed by atoms with Crippen molar-refractivity contribution in [3.63, 3.8) is 0 Å². The van der Waals surface area contributed by atoms with Crippen LogP contribution in [-0.2, 0) is 0 Å². The lowest BCUT2D eigenvalue weighted by Crippen LogP contribution is -2.47. The second kappa shape index (κ2) is 7.97. The summed E-state index contributed by atoms with van der Waals surface area (Å²) >= 11 is 0. The summed E-state index contributed by atoms with van der Waals surface area (Å²) < 4.78 is 37.0. The molecule has 0 unspecified atom stereocenters. The monoisotopic (exact) mass is 358 g/mol. The zero-order chi connectivity index (χ0) is 18.5. The maximum atomic E-state index is 13.2. The van der Waals surface area contributed by atoms with Crippen molar-refractivity contribution in [1.29, 1.82) is 0 Å². The summed E-state index contributed by atoms with van der Waals surface area (Å²) in [5, 5.41) is 12.9. The zero-order valence-electron chi connectivity index (χ0n) is 14.2. The smallest absolute Gasteiger partial charge is 0.251 e. The number of halogens is 2. The third-order valence-electron chi connectivity index (χ3n) is 4.29. The van der Waals surface area contributed by atoms with Gasteiger partial charge in [-0.05, 0) is 31.0 Å². The Kier molecular flexibility index (Phi) is 6.18. The Morgan fingerprint density at radius 1 is 1.28 bits per heavy atom. The fraction of sp³-hybridized carbons (Fsp3) is 0.588. The highest BCUT2D eigenvalue weighted by atomic mass is 19.3. The SMILES string of the molecule is COc1cc(C(=O)NCC2(O)CCC(F)(F)CC2)ccc1OCCN. The van der Waals surface area contributed by atoms with Gasteiger partial charge in [0, 0.05) is 31.5 Å². The summed E-state index contributed by atoms with van der Waals surface area (Å²) in [6.07, 6.45) is -0.842. The minimum atomic E-state index is -2.73. The lowest BCUT2D eigenvalue weighted by molar-refractivity contribution is -0.101. The van der Waals surface area contributed by atoms with E-state index in [1.54, 1.807) is 12.1 Å². The predicted molar refractivity (Wildman–Crippen MR) is 88.2 cm³/mol. The molecule has 25 heavy (non-hydrogen) atoms. The summed E-state index contributed by atoms with van der Waals surface area (Å²) in [5.41, 5.74) is 4.41. The molecule has 0 spiro atoms. The molecule has 1 aliphatic rings. The van der Waals surface area contributed by atoms with Gasteiger partial charge in [-0.1, -0.05) is 0 Å². The van der Waals surface area contributed by atoms with Gasteiger partial charge in [0.05, 0.1) is 12.7 Å². The average molecular weight is 358 g/mol. The number of carbonyl (C=O) groups is 1. The van der Waals surface area contributed by atoms with Crippen molar-refractivity contribution in [2.75, 3.05) is 26.8 Å². The van der Waals surface area contributed by atoms with Crippen LogP contribution >= 0.6 is 0 Å². The fourth-order valence-electron chi connectivity index (χ4n) is 2.70. The van der Waals surface area contributed by atoms with Crippen LogP contribution < -0.4 is 20.5 Å². The van der Waals surface area contributed by atoms with Crippen molar-refractivity contribution in [2.24, 2.45) is 5.73 Å². The minimum absolute atomic E-state index is 0.0462. The largest absolute Gasteiger partial charge is 0.493 e. The van der Waals surface area contributed by atoms with Crippen LogP contribution in [0.4, 0.5) is 8.78 Å². The topological polar surface area (TPSA) is 93.8 Å². The molecule has 8 heteroatoms. The third kappa shape index (κ3) is 5.27. The molecular weight excluding hydrogens is 334 g/mol. The highest BCUT2D eigenvalue weighted by Crippen LogP contribution is 2.38. The van der Waals surface area contributed by atoms with E-state index in [9.17, 15) is 18.7 Å². The molecule has 1 fully saturated rings. The Morgan fingerprint density at radius 2 is 1.96 bits per heavy atom. The molecule has 1 amide bonds. The Hall–Kier alpha value is -1.93. The van der Waals surface area contributed by atoms with Crippen molar-refractivity contribution in [1.82, 2.24) is 5.32 Å². The van der Waals surface area contributed by atoms with Crippen LogP contribution in [0.5, 0.6) is 11.5 Å². The van der Waals surface area contributed by atoms with Crippen LogP contribution in [0.25, 0.3) is 0 Å². The summed E-state index contributed by atoms with van der Waals surface area (Å²) in [5.74, 6) is -2.30. The van der Waals surface area contributed by atoms with Gasteiger partial charge in [-0.25, -0.2) is 8.78 Å². The first-order chi connectivity index (χ1) is 11.8. The number of ether oxygens (including phenoxy) is 2. The Morgan fingerprint density at radius 3 is 2.56 bits per heavy atom. The van der Waals surface area contributed by atoms with Crippen LogP contribution in [0.1, 0.15) is 36.0 Å². The quantitative estimate of drug-likeness (QED) is 0.690. The maximum Gasteiger partial charge on any atom is 0.251 e. The van der Waals surface area contributed by atoms with Crippen LogP contribution in [0.15, 0.2) is 18.2 Å². The molecule has 1 aromatic rings. The third-order valence-corrected chi connectivity index (χ3v) is 4.29. The van der Waals surface area contributed by atoms with Crippen LogP contribution in [-0.4, -0.2) is 49.3 Å². The maximum absolute atomic E-state index is 13.2. The van der Waals surface area contributed by atoms with Crippen molar-refractivity contribution in [3.8, 4) is 11.5 Å². The van der Waals surface area contributed by atoms with Crippen molar-refractivity contribution in [3.05, 3.63) is 23.8 Å². The van der Waals surface area contributed by atoms with E-state index in [0.29, 0.717) is 30.2 Å². The number of nitrogens with one attached hydrogen (secondary N) is 1. The van der Waals surface area contributed by atoms with Gasteiger partial charge < -0.3 is 25.6 Å². The Bertz CT molecular complexity index is 600. The molecule has 1 aliphatic carbocycles. The standard InChI is InChI=1S/C17H24F2N2O4/c1-24-14-10-12(2-3-13(14)25-9-8-20)15(22)21-11-16(23)4-6-17(18,19)7-5-16/h2-3,10,23H,4-9,11,20H2,1H3,(H,21,22). The van der Waals surface area contributed by atoms with Gasteiger partial charge in [0.25, 0.3) is 5.91 Å². The number of hydrogen-bond donors (Lipinski definition) is 3. The highest BCUT2D eigenvalue weighted by molar-refractivity contribution is 5.94. The van der Waals surface area contributed by atoms with Crippen molar-refractivity contribution in [2.45, 2.75) is 37.2 Å². The Balaban J connectivity index is 1.96. The van der Waals surface area contributed by atoms with Gasteiger partial charge >= 0.3 is 0 Å². The highest BCUT2D eigenvalue weighted by Gasteiger charge is 2.42. The first-order valence-corrected chi connectivity index (χ1v) is 8.18. The van der Waals surface area contributed by atoms with Crippen LogP contribution in [0, 0.1) is 0 Å². The first kappa shape index (κ1) is 19.4. The Labute approximate surface area is 145 Å². The zero-order valence-corrected chi connectivity index (χ0v) is 14.2. The van der Waals surface area contributed by atoms with E-state index < -0.39 is 17.4 Å². The average Bonchev–Trinajstić information content (AvgIpc) is 2.61. The van der Waals surface area contributed by atoms with Gasteiger partial charge in [0.15, 0.2) is 11.5 Å². The number of aliphatic hydroxyl groups is 1. The van der Waals surface area contributed by atoms with E-state index in [0.717, 1.165) is 0 Å². The molecule has 0 aromatic heterocycles. The second-order valence-corrected chi connectivity index (χ2v) is 6.27. The van der Waals surface area contributed by atoms with Gasteiger partial charge in [-0.2, -0.15) is 0 Å². The van der Waals surface area contributed by atoms with Gasteiger partial charge in [-0.3, -0.25) is 4.79 Å². The second-order valence-electron chi connectivity index (χ2n) is 6.27. The number of alkyl halides is 2. The minimum Gasteiger partial charge on any atom is -0.493 e. The van der Waals surface area contributed by atoms with E-state index in [1.807, 2.05) is 0 Å².